The molecule has 3 heteroatoms. The number of rotatable bonds is 2. The van der Waals surface area contributed by atoms with Gasteiger partial charge in [-0.1, -0.05) is 6.07 Å². The van der Waals surface area contributed by atoms with Gasteiger partial charge in [0.25, 0.3) is 0 Å². The van der Waals surface area contributed by atoms with Crippen LogP contribution in [0, 0.1) is 6.92 Å². The maximum absolute atomic E-state index is 5.85. The van der Waals surface area contributed by atoms with Crippen LogP contribution in [0.2, 0.25) is 0 Å². The van der Waals surface area contributed by atoms with Crippen molar-refractivity contribution in [2.45, 2.75) is 31.7 Å². The molecule has 1 fully saturated rings. The van der Waals surface area contributed by atoms with E-state index < -0.39 is 0 Å². The molecule has 0 saturated carbocycles. The summed E-state index contributed by atoms with van der Waals surface area (Å²) in [6.07, 6.45) is 2.37. The van der Waals surface area contributed by atoms with E-state index in [1.165, 1.54) is 17.5 Å². The summed E-state index contributed by atoms with van der Waals surface area (Å²) in [4.78, 5) is 0. The average molecular weight is 219 g/mol. The van der Waals surface area contributed by atoms with Crippen LogP contribution in [0.15, 0.2) is 18.2 Å². The zero-order valence-corrected chi connectivity index (χ0v) is 9.87. The van der Waals surface area contributed by atoms with Gasteiger partial charge in [0.1, 0.15) is 0 Å². The molecule has 5 N–H and O–H groups in total. The summed E-state index contributed by atoms with van der Waals surface area (Å²) in [5.74, 6) is 0.589. The van der Waals surface area contributed by atoms with Crippen molar-refractivity contribution in [3.05, 3.63) is 29.3 Å². The fourth-order valence-electron chi connectivity index (χ4n) is 2.48. The molecule has 1 heterocycles. The Bertz CT molecular complexity index is 354. The molecule has 0 amide bonds. The Kier molecular flexibility index (Phi) is 3.46. The van der Waals surface area contributed by atoms with E-state index in [1.807, 2.05) is 6.07 Å². The van der Waals surface area contributed by atoms with Crippen molar-refractivity contribution in [3.8, 4) is 0 Å². The number of nitrogen functional groups attached to an aromatic ring is 1. The maximum Gasteiger partial charge on any atom is 0.0317 e. The van der Waals surface area contributed by atoms with E-state index in [2.05, 4.69) is 24.4 Å². The van der Waals surface area contributed by atoms with Crippen LogP contribution in [-0.4, -0.2) is 19.1 Å². The zero-order chi connectivity index (χ0) is 11.5. The number of aryl methyl sites for hydroxylation is 1. The van der Waals surface area contributed by atoms with E-state index in [1.54, 1.807) is 0 Å². The highest BCUT2D eigenvalue weighted by atomic mass is 14.9. The van der Waals surface area contributed by atoms with Crippen LogP contribution in [0.3, 0.4) is 0 Å². The number of nitrogens with one attached hydrogen (secondary N) is 1. The summed E-state index contributed by atoms with van der Waals surface area (Å²) in [6, 6.07) is 6.69. The highest BCUT2D eigenvalue weighted by Crippen LogP contribution is 2.28. The van der Waals surface area contributed by atoms with Gasteiger partial charge < -0.3 is 16.8 Å². The molecule has 2 atom stereocenters. The first-order valence-electron chi connectivity index (χ1n) is 6.00. The number of anilines is 1. The highest BCUT2D eigenvalue weighted by molar-refractivity contribution is 5.46. The highest BCUT2D eigenvalue weighted by Gasteiger charge is 2.21. The normalized spacial score (nSPS) is 25.6. The third-order valence-electron chi connectivity index (χ3n) is 3.54. The Balaban J connectivity index is 2.10. The second kappa shape index (κ2) is 4.85. The minimum absolute atomic E-state index is 0.498. The van der Waals surface area contributed by atoms with Gasteiger partial charge >= 0.3 is 0 Å². The molecule has 3 nitrogen and oxygen atoms in total. The van der Waals surface area contributed by atoms with Gasteiger partial charge in [0.15, 0.2) is 0 Å². The molecule has 0 spiro atoms. The van der Waals surface area contributed by atoms with Gasteiger partial charge in [0.05, 0.1) is 0 Å². The van der Waals surface area contributed by atoms with Crippen LogP contribution < -0.4 is 16.8 Å². The lowest BCUT2D eigenvalue weighted by Gasteiger charge is -2.30. The molecule has 1 saturated heterocycles. The molecule has 1 aromatic rings. The van der Waals surface area contributed by atoms with Crippen molar-refractivity contribution < 1.29 is 0 Å². The van der Waals surface area contributed by atoms with Gasteiger partial charge in [0, 0.05) is 24.8 Å². The summed E-state index contributed by atoms with van der Waals surface area (Å²) in [5, 5.41) is 3.50. The van der Waals surface area contributed by atoms with Gasteiger partial charge in [-0.15, -0.1) is 0 Å². The van der Waals surface area contributed by atoms with Gasteiger partial charge in [0.2, 0.25) is 0 Å². The van der Waals surface area contributed by atoms with E-state index in [0.717, 1.165) is 25.2 Å². The molecular formula is C13H21N3. The van der Waals surface area contributed by atoms with Gasteiger partial charge in [-0.25, -0.2) is 0 Å². The number of piperidine rings is 1. The van der Waals surface area contributed by atoms with Crippen LogP contribution >= 0.6 is 0 Å². The molecule has 16 heavy (non-hydrogen) atoms. The van der Waals surface area contributed by atoms with Crippen LogP contribution in [0.5, 0.6) is 0 Å². The van der Waals surface area contributed by atoms with Gasteiger partial charge in [-0.05, 0) is 48.9 Å². The third kappa shape index (κ3) is 2.36. The second-order valence-corrected chi connectivity index (χ2v) is 4.73. The fourth-order valence-corrected chi connectivity index (χ4v) is 2.48. The minimum Gasteiger partial charge on any atom is -0.399 e. The molecule has 1 aliphatic rings. The van der Waals surface area contributed by atoms with Crippen molar-refractivity contribution in [2.75, 3.05) is 18.8 Å². The molecule has 2 unspecified atom stereocenters. The molecular weight excluding hydrogens is 198 g/mol. The number of nitrogens with two attached hydrogens (primary N) is 2. The minimum atomic E-state index is 0.498. The first-order valence-corrected chi connectivity index (χ1v) is 6.00. The molecule has 0 bridgehead atoms. The Hall–Kier alpha value is -1.06. The summed E-state index contributed by atoms with van der Waals surface area (Å²) < 4.78 is 0. The van der Waals surface area contributed by atoms with Crippen molar-refractivity contribution >= 4 is 5.69 Å². The van der Waals surface area contributed by atoms with Crippen LogP contribution in [0.4, 0.5) is 5.69 Å². The Morgan fingerprint density at radius 1 is 1.38 bits per heavy atom. The predicted octanol–water partition coefficient (Wildman–Crippen LogP) is 1.37. The summed E-state index contributed by atoms with van der Waals surface area (Å²) in [5.41, 5.74) is 15.1. The monoisotopic (exact) mass is 219 g/mol. The quantitative estimate of drug-likeness (QED) is 0.658. The third-order valence-corrected chi connectivity index (χ3v) is 3.54. The Morgan fingerprint density at radius 2 is 2.19 bits per heavy atom. The van der Waals surface area contributed by atoms with Crippen LogP contribution in [0.25, 0.3) is 0 Å². The molecule has 1 aromatic carbocycles. The first kappa shape index (κ1) is 11.4. The van der Waals surface area contributed by atoms with Crippen molar-refractivity contribution in [3.63, 3.8) is 0 Å². The molecule has 0 aliphatic carbocycles. The smallest absolute Gasteiger partial charge is 0.0317 e. The topological polar surface area (TPSA) is 64.1 Å². The maximum atomic E-state index is 5.85. The van der Waals surface area contributed by atoms with Crippen molar-refractivity contribution in [1.29, 1.82) is 0 Å². The fraction of sp³-hybridized carbons (Fsp3) is 0.538. The lowest BCUT2D eigenvalue weighted by molar-refractivity contribution is 0.370. The number of hydrogen-bond donors (Lipinski definition) is 3. The van der Waals surface area contributed by atoms with Gasteiger partial charge in [-0.3, -0.25) is 0 Å². The van der Waals surface area contributed by atoms with Gasteiger partial charge in [-0.2, -0.15) is 0 Å². The molecule has 1 aliphatic heterocycles. The van der Waals surface area contributed by atoms with Crippen molar-refractivity contribution in [1.82, 2.24) is 5.32 Å². The largest absolute Gasteiger partial charge is 0.399 e. The Labute approximate surface area is 97.2 Å². The van der Waals surface area contributed by atoms with Crippen molar-refractivity contribution in [2.24, 2.45) is 5.73 Å². The van der Waals surface area contributed by atoms with E-state index in [4.69, 9.17) is 11.5 Å². The average Bonchev–Trinajstić information content (AvgIpc) is 2.32. The lowest BCUT2D eigenvalue weighted by Crippen LogP contribution is -2.42. The van der Waals surface area contributed by atoms with E-state index in [0.29, 0.717) is 12.0 Å². The SMILES string of the molecule is Cc1ccc(N)cc1C1CCC(CN)NC1. The summed E-state index contributed by atoms with van der Waals surface area (Å²) in [7, 11) is 0. The number of hydrogen-bond acceptors (Lipinski definition) is 3. The number of benzene rings is 1. The standard InChI is InChI=1S/C13H21N3/c1-9-2-4-11(15)6-13(9)10-3-5-12(7-14)16-8-10/h2,4,6,10,12,16H,3,5,7-8,14-15H2,1H3. The van der Waals surface area contributed by atoms with Crippen LogP contribution in [-0.2, 0) is 0 Å². The lowest BCUT2D eigenvalue weighted by atomic mass is 9.86. The summed E-state index contributed by atoms with van der Waals surface area (Å²) >= 11 is 0. The molecule has 0 radical (unpaired) electrons. The molecule has 88 valence electrons. The zero-order valence-electron chi connectivity index (χ0n) is 9.87. The molecule has 0 aromatic heterocycles. The molecule has 2 rings (SSSR count). The van der Waals surface area contributed by atoms with Crippen LogP contribution in [0.1, 0.15) is 29.9 Å². The second-order valence-electron chi connectivity index (χ2n) is 4.73. The van der Waals surface area contributed by atoms with E-state index in [9.17, 15) is 0 Å². The summed E-state index contributed by atoms with van der Waals surface area (Å²) in [6.45, 7) is 3.92. The van der Waals surface area contributed by atoms with E-state index >= 15 is 0 Å². The predicted molar refractivity (Wildman–Crippen MR) is 68.4 cm³/mol. The van der Waals surface area contributed by atoms with E-state index in [-0.39, 0.29) is 0 Å². The Morgan fingerprint density at radius 3 is 2.81 bits per heavy atom. The first-order chi connectivity index (χ1) is 7.70.